The van der Waals surface area contributed by atoms with Crippen molar-refractivity contribution in [2.75, 3.05) is 6.54 Å². The second-order valence-corrected chi connectivity index (χ2v) is 3.29. The van der Waals surface area contributed by atoms with Gasteiger partial charge in [-0.3, -0.25) is 0 Å². The molecule has 0 aromatic rings. The van der Waals surface area contributed by atoms with Crippen molar-refractivity contribution in [2.45, 2.75) is 40.0 Å². The Bertz CT molecular complexity index is 116. The fourth-order valence-electron chi connectivity index (χ4n) is 1.07. The molecule has 1 nitrogen and oxygen atoms in total. The van der Waals surface area contributed by atoms with Crippen LogP contribution in [0.4, 0.5) is 0 Å². The third kappa shape index (κ3) is 6.11. The van der Waals surface area contributed by atoms with E-state index in [0.717, 1.165) is 18.9 Å². The molecule has 0 aromatic heterocycles. The van der Waals surface area contributed by atoms with Crippen LogP contribution < -0.4 is 5.73 Å². The third-order valence-electron chi connectivity index (χ3n) is 1.99. The van der Waals surface area contributed by atoms with Gasteiger partial charge in [0.15, 0.2) is 0 Å². The van der Waals surface area contributed by atoms with Crippen LogP contribution in [0, 0.1) is 5.92 Å². The van der Waals surface area contributed by atoms with Gasteiger partial charge < -0.3 is 5.73 Å². The lowest BCUT2D eigenvalue weighted by molar-refractivity contribution is 0.684. The third-order valence-corrected chi connectivity index (χ3v) is 1.99. The molecule has 0 radical (unpaired) electrons. The molecule has 66 valence electrons. The summed E-state index contributed by atoms with van der Waals surface area (Å²) in [6.07, 6.45) is 5.88. The molecule has 0 aromatic carbocycles. The van der Waals surface area contributed by atoms with E-state index in [4.69, 9.17) is 5.73 Å². The maximum atomic E-state index is 5.41. The molecule has 0 aliphatic carbocycles. The lowest BCUT2D eigenvalue weighted by atomic mass is 10.0. The summed E-state index contributed by atoms with van der Waals surface area (Å²) < 4.78 is 0. The molecule has 1 atom stereocenters. The summed E-state index contributed by atoms with van der Waals surface area (Å²) in [6.45, 7) is 7.48. The van der Waals surface area contributed by atoms with Crippen LogP contribution in [0.5, 0.6) is 0 Å². The summed E-state index contributed by atoms with van der Waals surface area (Å²) in [6, 6.07) is 0. The topological polar surface area (TPSA) is 26.0 Å². The number of nitrogens with two attached hydrogens (primary N) is 1. The summed E-state index contributed by atoms with van der Waals surface area (Å²) in [5.74, 6) is 0.729. The van der Waals surface area contributed by atoms with Gasteiger partial charge in [-0.1, -0.05) is 31.9 Å². The first-order chi connectivity index (χ1) is 5.20. The minimum absolute atomic E-state index is 0.729. The normalized spacial score (nSPS) is 15.1. The van der Waals surface area contributed by atoms with Crippen LogP contribution >= 0.6 is 0 Å². The van der Waals surface area contributed by atoms with Gasteiger partial charge in [-0.05, 0) is 32.2 Å². The highest BCUT2D eigenvalue weighted by Crippen LogP contribution is 2.10. The van der Waals surface area contributed by atoms with Gasteiger partial charge in [0, 0.05) is 0 Å². The van der Waals surface area contributed by atoms with Crippen LogP contribution in [0.1, 0.15) is 40.0 Å². The number of hydrogen-bond donors (Lipinski definition) is 1. The molecule has 0 aliphatic rings. The van der Waals surface area contributed by atoms with E-state index in [1.54, 1.807) is 0 Å². The van der Waals surface area contributed by atoms with Crippen molar-refractivity contribution < 1.29 is 0 Å². The maximum Gasteiger partial charge on any atom is -0.00742 e. The largest absolute Gasteiger partial charge is 0.330 e. The van der Waals surface area contributed by atoms with E-state index in [1.807, 2.05) is 0 Å². The Morgan fingerprint density at radius 2 is 2.18 bits per heavy atom. The van der Waals surface area contributed by atoms with Crippen molar-refractivity contribution >= 4 is 0 Å². The van der Waals surface area contributed by atoms with Gasteiger partial charge in [-0.2, -0.15) is 0 Å². The Labute approximate surface area is 70.7 Å². The Hall–Kier alpha value is -0.300. The summed E-state index contributed by atoms with van der Waals surface area (Å²) in [4.78, 5) is 0. The zero-order valence-electron chi connectivity index (χ0n) is 8.06. The second kappa shape index (κ2) is 6.41. The lowest BCUT2D eigenvalue weighted by Crippen LogP contribution is -1.98. The van der Waals surface area contributed by atoms with Crippen molar-refractivity contribution in [1.82, 2.24) is 0 Å². The van der Waals surface area contributed by atoms with E-state index in [1.165, 1.54) is 18.4 Å². The van der Waals surface area contributed by atoms with E-state index >= 15 is 0 Å². The highest BCUT2D eigenvalue weighted by atomic mass is 14.5. The van der Waals surface area contributed by atoms with Crippen molar-refractivity contribution in [3.05, 3.63) is 11.6 Å². The molecule has 0 spiro atoms. The molecule has 0 saturated heterocycles. The SMILES string of the molecule is CCC(C)/C=C(/C)CCCN. The monoisotopic (exact) mass is 155 g/mol. The molecule has 0 amide bonds. The minimum atomic E-state index is 0.729. The minimum Gasteiger partial charge on any atom is -0.330 e. The Balaban J connectivity index is 3.61. The van der Waals surface area contributed by atoms with Gasteiger partial charge in [-0.25, -0.2) is 0 Å². The van der Waals surface area contributed by atoms with Gasteiger partial charge in [0.25, 0.3) is 0 Å². The molecule has 0 bridgehead atoms. The molecule has 0 fully saturated rings. The highest BCUT2D eigenvalue weighted by molar-refractivity contribution is 4.99. The van der Waals surface area contributed by atoms with Crippen LogP contribution in [0.2, 0.25) is 0 Å². The summed E-state index contributed by atoms with van der Waals surface area (Å²) in [5.41, 5.74) is 6.90. The fourth-order valence-corrected chi connectivity index (χ4v) is 1.07. The zero-order valence-corrected chi connectivity index (χ0v) is 8.06. The molecular weight excluding hydrogens is 134 g/mol. The molecule has 2 N–H and O–H groups in total. The smallest absolute Gasteiger partial charge is 0.00742 e. The Morgan fingerprint density at radius 3 is 2.64 bits per heavy atom. The maximum absolute atomic E-state index is 5.41. The molecular formula is C10H21N. The summed E-state index contributed by atoms with van der Waals surface area (Å²) in [5, 5.41) is 0. The lowest BCUT2D eigenvalue weighted by Gasteiger charge is -2.04. The van der Waals surface area contributed by atoms with Crippen LogP contribution in [-0.4, -0.2) is 6.54 Å². The van der Waals surface area contributed by atoms with Crippen molar-refractivity contribution in [1.29, 1.82) is 0 Å². The van der Waals surface area contributed by atoms with Crippen LogP contribution in [0.15, 0.2) is 11.6 Å². The molecule has 0 rings (SSSR count). The van der Waals surface area contributed by atoms with Gasteiger partial charge in [0.05, 0.1) is 0 Å². The van der Waals surface area contributed by atoms with Crippen molar-refractivity contribution in [3.63, 3.8) is 0 Å². The molecule has 1 unspecified atom stereocenters. The van der Waals surface area contributed by atoms with E-state index in [-0.39, 0.29) is 0 Å². The van der Waals surface area contributed by atoms with Gasteiger partial charge in [0.2, 0.25) is 0 Å². The summed E-state index contributed by atoms with van der Waals surface area (Å²) >= 11 is 0. The molecule has 1 heteroatoms. The van der Waals surface area contributed by atoms with E-state index < -0.39 is 0 Å². The first kappa shape index (κ1) is 10.7. The van der Waals surface area contributed by atoms with E-state index in [0.29, 0.717) is 0 Å². The van der Waals surface area contributed by atoms with Gasteiger partial charge >= 0.3 is 0 Å². The standard InChI is InChI=1S/C10H21N/c1-4-9(2)8-10(3)6-5-7-11/h8-9H,4-7,11H2,1-3H3/b10-8-. The van der Waals surface area contributed by atoms with Gasteiger partial charge in [-0.15, -0.1) is 0 Å². The van der Waals surface area contributed by atoms with E-state index in [9.17, 15) is 0 Å². The number of allylic oxidation sites excluding steroid dienone is 2. The number of rotatable bonds is 5. The quantitative estimate of drug-likeness (QED) is 0.607. The van der Waals surface area contributed by atoms with Crippen LogP contribution in [-0.2, 0) is 0 Å². The molecule has 0 aliphatic heterocycles. The fraction of sp³-hybridized carbons (Fsp3) is 0.800. The first-order valence-corrected chi connectivity index (χ1v) is 4.58. The Kier molecular flexibility index (Phi) is 6.24. The predicted octanol–water partition coefficient (Wildman–Crippen LogP) is 2.72. The first-order valence-electron chi connectivity index (χ1n) is 4.58. The molecule has 11 heavy (non-hydrogen) atoms. The molecule has 0 saturated carbocycles. The van der Waals surface area contributed by atoms with Crippen molar-refractivity contribution in [3.8, 4) is 0 Å². The average molecular weight is 155 g/mol. The van der Waals surface area contributed by atoms with Crippen molar-refractivity contribution in [2.24, 2.45) is 11.7 Å². The number of hydrogen-bond acceptors (Lipinski definition) is 1. The van der Waals surface area contributed by atoms with E-state index in [2.05, 4.69) is 26.8 Å². The average Bonchev–Trinajstić information content (AvgIpc) is 2.00. The zero-order chi connectivity index (χ0) is 8.69. The second-order valence-electron chi connectivity index (χ2n) is 3.29. The van der Waals surface area contributed by atoms with Crippen LogP contribution in [0.25, 0.3) is 0 Å². The van der Waals surface area contributed by atoms with Gasteiger partial charge in [0.1, 0.15) is 0 Å². The predicted molar refractivity (Wildman–Crippen MR) is 51.5 cm³/mol. The highest BCUT2D eigenvalue weighted by Gasteiger charge is 1.94. The Morgan fingerprint density at radius 1 is 1.55 bits per heavy atom. The summed E-state index contributed by atoms with van der Waals surface area (Å²) in [7, 11) is 0. The molecule has 0 heterocycles. The van der Waals surface area contributed by atoms with Crippen LogP contribution in [0.3, 0.4) is 0 Å².